The zero-order chi connectivity index (χ0) is 12.3. The van der Waals surface area contributed by atoms with Crippen molar-refractivity contribution in [1.82, 2.24) is 4.90 Å². The molecule has 1 fully saturated rings. The molecule has 0 saturated carbocycles. The van der Waals surface area contributed by atoms with Crippen LogP contribution >= 0.6 is 0 Å². The molecule has 0 bridgehead atoms. The van der Waals surface area contributed by atoms with Crippen LogP contribution in [0.5, 0.6) is 5.75 Å². The third-order valence-corrected chi connectivity index (χ3v) is 3.39. The van der Waals surface area contributed by atoms with Gasteiger partial charge in [-0.2, -0.15) is 0 Å². The number of halogens is 1. The quantitative estimate of drug-likeness (QED) is 0.842. The summed E-state index contributed by atoms with van der Waals surface area (Å²) in [5.74, 6) is 0.251. The number of likely N-dealkylation sites (tertiary alicyclic amines) is 1. The molecular weight excluding hydrogens is 219 g/mol. The molecule has 17 heavy (non-hydrogen) atoms. The Bertz CT molecular complexity index is 355. The lowest BCUT2D eigenvalue weighted by atomic mass is 9.97. The number of benzene rings is 1. The minimum atomic E-state index is -0.378. The SMILES string of the molecule is NCC1CCN(Cc2cc(O)cc(F)c2)CC1. The van der Waals surface area contributed by atoms with Crippen molar-refractivity contribution in [2.45, 2.75) is 19.4 Å². The van der Waals surface area contributed by atoms with Gasteiger partial charge in [-0.15, -0.1) is 0 Å². The van der Waals surface area contributed by atoms with Gasteiger partial charge in [0, 0.05) is 12.6 Å². The van der Waals surface area contributed by atoms with Gasteiger partial charge in [-0.05, 0) is 56.1 Å². The summed E-state index contributed by atoms with van der Waals surface area (Å²) in [6, 6.07) is 4.23. The molecule has 0 radical (unpaired) electrons. The highest BCUT2D eigenvalue weighted by Gasteiger charge is 2.18. The fourth-order valence-corrected chi connectivity index (χ4v) is 2.36. The molecule has 1 aliphatic heterocycles. The Kier molecular flexibility index (Phi) is 3.97. The summed E-state index contributed by atoms with van der Waals surface area (Å²) in [6.07, 6.45) is 2.22. The lowest BCUT2D eigenvalue weighted by Gasteiger charge is -2.31. The second-order valence-electron chi connectivity index (χ2n) is 4.77. The fraction of sp³-hybridized carbons (Fsp3) is 0.538. The van der Waals surface area contributed by atoms with Crippen LogP contribution in [0, 0.1) is 11.7 Å². The average Bonchev–Trinajstić information content (AvgIpc) is 2.28. The summed E-state index contributed by atoms with van der Waals surface area (Å²) in [5, 5.41) is 9.33. The van der Waals surface area contributed by atoms with Gasteiger partial charge in [0.25, 0.3) is 0 Å². The summed E-state index contributed by atoms with van der Waals surface area (Å²) in [4.78, 5) is 2.28. The normalized spacial score (nSPS) is 18.5. The molecule has 0 spiro atoms. The number of phenols is 1. The summed E-state index contributed by atoms with van der Waals surface area (Å²) in [6.45, 7) is 3.45. The smallest absolute Gasteiger partial charge is 0.127 e. The van der Waals surface area contributed by atoms with Crippen LogP contribution in [-0.2, 0) is 6.54 Å². The molecule has 1 aromatic rings. The zero-order valence-corrected chi connectivity index (χ0v) is 9.90. The highest BCUT2D eigenvalue weighted by molar-refractivity contribution is 5.28. The van der Waals surface area contributed by atoms with Crippen molar-refractivity contribution in [3.8, 4) is 5.75 Å². The molecular formula is C13H19FN2O. The molecule has 0 unspecified atom stereocenters. The van der Waals surface area contributed by atoms with Crippen molar-refractivity contribution < 1.29 is 9.50 Å². The topological polar surface area (TPSA) is 49.5 Å². The van der Waals surface area contributed by atoms with E-state index in [9.17, 15) is 9.50 Å². The van der Waals surface area contributed by atoms with Crippen molar-refractivity contribution >= 4 is 0 Å². The van der Waals surface area contributed by atoms with Gasteiger partial charge in [0.2, 0.25) is 0 Å². The van der Waals surface area contributed by atoms with Crippen LogP contribution in [0.15, 0.2) is 18.2 Å². The molecule has 0 amide bonds. The van der Waals surface area contributed by atoms with E-state index in [-0.39, 0.29) is 11.6 Å². The van der Waals surface area contributed by atoms with E-state index in [0.717, 1.165) is 44.1 Å². The van der Waals surface area contributed by atoms with Crippen LogP contribution in [0.2, 0.25) is 0 Å². The molecule has 0 aliphatic carbocycles. The van der Waals surface area contributed by atoms with Crippen LogP contribution < -0.4 is 5.73 Å². The van der Waals surface area contributed by atoms with Crippen LogP contribution in [0.4, 0.5) is 4.39 Å². The highest BCUT2D eigenvalue weighted by atomic mass is 19.1. The van der Waals surface area contributed by atoms with Gasteiger partial charge in [-0.1, -0.05) is 0 Å². The first-order chi connectivity index (χ1) is 8.17. The molecule has 1 heterocycles. The maximum atomic E-state index is 13.1. The van der Waals surface area contributed by atoms with Crippen molar-refractivity contribution in [3.05, 3.63) is 29.6 Å². The monoisotopic (exact) mass is 238 g/mol. The Morgan fingerprint density at radius 3 is 2.59 bits per heavy atom. The van der Waals surface area contributed by atoms with E-state index in [2.05, 4.69) is 4.90 Å². The molecule has 94 valence electrons. The first-order valence-electron chi connectivity index (χ1n) is 6.08. The lowest BCUT2D eigenvalue weighted by Crippen LogP contribution is -2.35. The van der Waals surface area contributed by atoms with Gasteiger partial charge in [0.05, 0.1) is 0 Å². The van der Waals surface area contributed by atoms with Crippen molar-refractivity contribution in [3.63, 3.8) is 0 Å². The number of nitrogens with zero attached hydrogens (tertiary/aromatic N) is 1. The summed E-state index contributed by atoms with van der Waals surface area (Å²) >= 11 is 0. The lowest BCUT2D eigenvalue weighted by molar-refractivity contribution is 0.180. The minimum Gasteiger partial charge on any atom is -0.508 e. The van der Waals surface area contributed by atoms with E-state index in [1.165, 1.54) is 6.07 Å². The standard InChI is InChI=1S/C13H19FN2O/c14-12-5-11(6-13(17)7-12)9-16-3-1-10(8-15)2-4-16/h5-7,10,17H,1-4,8-9,15H2. The Hall–Kier alpha value is -1.13. The van der Waals surface area contributed by atoms with Gasteiger partial charge in [-0.25, -0.2) is 4.39 Å². The first-order valence-corrected chi connectivity index (χ1v) is 6.08. The number of piperidine rings is 1. The summed E-state index contributed by atoms with van der Waals surface area (Å²) in [7, 11) is 0. The van der Waals surface area contributed by atoms with Crippen LogP contribution in [0.25, 0.3) is 0 Å². The maximum absolute atomic E-state index is 13.1. The Labute approximate surface area is 101 Å². The van der Waals surface area contributed by atoms with Crippen LogP contribution in [0.1, 0.15) is 18.4 Å². The Balaban J connectivity index is 1.93. The molecule has 0 aromatic heterocycles. The van der Waals surface area contributed by atoms with E-state index >= 15 is 0 Å². The summed E-state index contributed by atoms with van der Waals surface area (Å²) < 4.78 is 13.1. The Morgan fingerprint density at radius 1 is 1.29 bits per heavy atom. The minimum absolute atomic E-state index is 0.00292. The van der Waals surface area contributed by atoms with E-state index in [0.29, 0.717) is 12.5 Å². The van der Waals surface area contributed by atoms with E-state index in [1.54, 1.807) is 6.07 Å². The largest absolute Gasteiger partial charge is 0.508 e. The molecule has 1 aliphatic rings. The molecule has 1 aromatic carbocycles. The van der Waals surface area contributed by atoms with Gasteiger partial charge < -0.3 is 10.8 Å². The van der Waals surface area contributed by atoms with Crippen molar-refractivity contribution in [2.24, 2.45) is 11.7 Å². The summed E-state index contributed by atoms with van der Waals surface area (Å²) in [5.41, 5.74) is 6.47. The molecule has 0 atom stereocenters. The van der Waals surface area contributed by atoms with E-state index in [4.69, 9.17) is 5.73 Å². The fourth-order valence-electron chi connectivity index (χ4n) is 2.36. The van der Waals surface area contributed by atoms with E-state index in [1.807, 2.05) is 0 Å². The van der Waals surface area contributed by atoms with Gasteiger partial charge in [-0.3, -0.25) is 4.90 Å². The molecule has 2 rings (SSSR count). The number of rotatable bonds is 3. The number of aromatic hydroxyl groups is 1. The van der Waals surface area contributed by atoms with Crippen molar-refractivity contribution in [2.75, 3.05) is 19.6 Å². The molecule has 4 heteroatoms. The van der Waals surface area contributed by atoms with Crippen molar-refractivity contribution in [1.29, 1.82) is 0 Å². The van der Waals surface area contributed by atoms with Crippen LogP contribution in [0.3, 0.4) is 0 Å². The molecule has 3 N–H and O–H groups in total. The third-order valence-electron chi connectivity index (χ3n) is 3.39. The third kappa shape index (κ3) is 3.41. The number of phenolic OH excluding ortho intramolecular Hbond substituents is 1. The average molecular weight is 238 g/mol. The van der Waals surface area contributed by atoms with E-state index < -0.39 is 0 Å². The van der Waals surface area contributed by atoms with Gasteiger partial charge in [0.1, 0.15) is 11.6 Å². The molecule has 3 nitrogen and oxygen atoms in total. The zero-order valence-electron chi connectivity index (χ0n) is 9.90. The predicted molar refractivity (Wildman–Crippen MR) is 65.1 cm³/mol. The number of hydrogen-bond donors (Lipinski definition) is 2. The van der Waals surface area contributed by atoms with Gasteiger partial charge in [0.15, 0.2) is 0 Å². The second-order valence-corrected chi connectivity index (χ2v) is 4.77. The number of nitrogens with two attached hydrogens (primary N) is 1. The number of hydrogen-bond acceptors (Lipinski definition) is 3. The highest BCUT2D eigenvalue weighted by Crippen LogP contribution is 2.20. The first kappa shape index (κ1) is 12.3. The van der Waals surface area contributed by atoms with Crippen LogP contribution in [-0.4, -0.2) is 29.6 Å². The Morgan fingerprint density at radius 2 is 2.00 bits per heavy atom. The predicted octanol–water partition coefficient (Wildman–Crippen LogP) is 1.70. The second kappa shape index (κ2) is 5.47. The maximum Gasteiger partial charge on any atom is 0.127 e. The van der Waals surface area contributed by atoms with Gasteiger partial charge >= 0.3 is 0 Å². The molecule has 1 saturated heterocycles.